The van der Waals surface area contributed by atoms with Gasteiger partial charge in [0, 0.05) is 11.4 Å². The minimum Gasteiger partial charge on any atom is -0.462 e. The number of esters is 2. The predicted molar refractivity (Wildman–Crippen MR) is 141 cm³/mol. The summed E-state index contributed by atoms with van der Waals surface area (Å²) in [5.74, 6) is -2.40. The Morgan fingerprint density at radius 1 is 0.692 bits per heavy atom. The maximum absolute atomic E-state index is 12.1. The summed E-state index contributed by atoms with van der Waals surface area (Å²) in [5, 5.41) is 23.4. The molecule has 0 bridgehead atoms. The minimum atomic E-state index is -0.715. The van der Waals surface area contributed by atoms with E-state index in [1.54, 1.807) is 74.5 Å². The number of carbonyl (C=O) groups is 4. The lowest BCUT2D eigenvalue weighted by atomic mass is 10.1. The van der Waals surface area contributed by atoms with Crippen molar-refractivity contribution in [2.75, 3.05) is 37.1 Å². The number of hydrogen-bond donors (Lipinski definition) is 2. The van der Waals surface area contributed by atoms with Crippen molar-refractivity contribution in [3.05, 3.63) is 70.8 Å². The number of anilines is 2. The van der Waals surface area contributed by atoms with Crippen molar-refractivity contribution in [3.8, 4) is 12.1 Å². The zero-order chi connectivity index (χ0) is 28.6. The van der Waals surface area contributed by atoms with E-state index in [9.17, 15) is 19.2 Å². The van der Waals surface area contributed by atoms with Crippen molar-refractivity contribution >= 4 is 47.3 Å². The molecule has 0 atom stereocenters. The van der Waals surface area contributed by atoms with Gasteiger partial charge in [0.05, 0.1) is 13.2 Å². The summed E-state index contributed by atoms with van der Waals surface area (Å²) in [6, 6.07) is 16.4. The SMILES string of the molecule is CCOC(=O)/C(C#N)=C\c1ccc(NC(=O)COCC(=O)Nc2ccc(/C=C(\C#N)C(=O)OCC)cc2)cc1. The average molecular weight is 531 g/mol. The number of hydrogen-bond acceptors (Lipinski definition) is 9. The lowest BCUT2D eigenvalue weighted by Gasteiger charge is -2.08. The van der Waals surface area contributed by atoms with Crippen LogP contribution in [0.2, 0.25) is 0 Å². The van der Waals surface area contributed by atoms with Crippen LogP contribution in [-0.4, -0.2) is 50.2 Å². The van der Waals surface area contributed by atoms with Crippen LogP contribution in [-0.2, 0) is 33.4 Å². The largest absolute Gasteiger partial charge is 0.462 e. The van der Waals surface area contributed by atoms with Crippen LogP contribution in [0.15, 0.2) is 59.7 Å². The van der Waals surface area contributed by atoms with Crippen molar-refractivity contribution < 1.29 is 33.4 Å². The molecule has 39 heavy (non-hydrogen) atoms. The lowest BCUT2D eigenvalue weighted by molar-refractivity contribution is -0.138. The second-order valence-corrected chi connectivity index (χ2v) is 7.61. The highest BCUT2D eigenvalue weighted by Gasteiger charge is 2.11. The molecule has 0 aliphatic heterocycles. The van der Waals surface area contributed by atoms with Crippen LogP contribution in [0, 0.1) is 22.7 Å². The van der Waals surface area contributed by atoms with E-state index in [4.69, 9.17) is 24.7 Å². The fourth-order valence-electron chi connectivity index (χ4n) is 2.98. The number of rotatable bonds is 12. The molecular formula is C28H26N4O7. The summed E-state index contributed by atoms with van der Waals surface area (Å²) in [7, 11) is 0. The molecule has 0 heterocycles. The number of ether oxygens (including phenoxy) is 3. The zero-order valence-electron chi connectivity index (χ0n) is 21.4. The third-order valence-electron chi connectivity index (χ3n) is 4.71. The number of amides is 2. The van der Waals surface area contributed by atoms with Crippen LogP contribution >= 0.6 is 0 Å². The van der Waals surface area contributed by atoms with Gasteiger partial charge in [-0.2, -0.15) is 10.5 Å². The van der Waals surface area contributed by atoms with Gasteiger partial charge in [-0.3, -0.25) is 9.59 Å². The minimum absolute atomic E-state index is 0.143. The van der Waals surface area contributed by atoms with E-state index < -0.39 is 23.8 Å². The molecule has 11 heteroatoms. The fourth-order valence-corrected chi connectivity index (χ4v) is 2.98. The van der Waals surface area contributed by atoms with Gasteiger partial charge in [0.1, 0.15) is 36.5 Å². The summed E-state index contributed by atoms with van der Waals surface area (Å²) in [6.07, 6.45) is 2.76. The zero-order valence-corrected chi connectivity index (χ0v) is 21.4. The maximum Gasteiger partial charge on any atom is 0.348 e. The number of nitrogens with one attached hydrogen (secondary N) is 2. The van der Waals surface area contributed by atoms with Gasteiger partial charge >= 0.3 is 11.9 Å². The maximum atomic E-state index is 12.1. The Hall–Kier alpha value is -5.26. The summed E-state index contributed by atoms with van der Waals surface area (Å²) in [4.78, 5) is 47.6. The highest BCUT2D eigenvalue weighted by atomic mass is 16.5. The molecule has 0 unspecified atom stereocenters. The van der Waals surface area contributed by atoms with E-state index in [-0.39, 0.29) is 37.6 Å². The van der Waals surface area contributed by atoms with Crippen molar-refractivity contribution in [1.29, 1.82) is 10.5 Å². The molecule has 0 aliphatic carbocycles. The molecule has 2 amide bonds. The number of carbonyl (C=O) groups excluding carboxylic acids is 4. The standard InChI is InChI=1S/C28H26N4O7/c1-3-38-27(35)21(15-29)13-19-5-9-23(10-6-19)31-25(33)17-37-18-26(34)32-24-11-7-20(8-12-24)14-22(16-30)28(36)39-4-2/h5-14H,3-4,17-18H2,1-2H3,(H,31,33)(H,32,34)/b21-13-,22-14+. The van der Waals surface area contributed by atoms with Gasteiger partial charge in [-0.1, -0.05) is 24.3 Å². The molecule has 0 fully saturated rings. The predicted octanol–water partition coefficient (Wildman–Crippen LogP) is 3.22. The molecular weight excluding hydrogens is 504 g/mol. The lowest BCUT2D eigenvalue weighted by Crippen LogP contribution is -2.23. The molecule has 11 nitrogen and oxygen atoms in total. The van der Waals surface area contributed by atoms with Crippen LogP contribution in [0.25, 0.3) is 12.2 Å². The third kappa shape index (κ3) is 10.3. The molecule has 0 radical (unpaired) electrons. The Bertz CT molecular complexity index is 1230. The normalized spacial score (nSPS) is 11.0. The van der Waals surface area contributed by atoms with Crippen molar-refractivity contribution in [2.24, 2.45) is 0 Å². The van der Waals surface area contributed by atoms with Gasteiger partial charge in [0.2, 0.25) is 11.8 Å². The van der Waals surface area contributed by atoms with E-state index in [1.165, 1.54) is 12.2 Å². The highest BCUT2D eigenvalue weighted by Crippen LogP contribution is 2.15. The topological polar surface area (TPSA) is 168 Å². The van der Waals surface area contributed by atoms with Crippen molar-refractivity contribution in [3.63, 3.8) is 0 Å². The summed E-state index contributed by atoms with van der Waals surface area (Å²) >= 11 is 0. The van der Waals surface area contributed by atoms with E-state index >= 15 is 0 Å². The molecule has 0 aliphatic rings. The summed E-state index contributed by atoms with van der Waals surface area (Å²) < 4.78 is 14.8. The summed E-state index contributed by atoms with van der Waals surface area (Å²) in [5.41, 5.74) is 1.76. The van der Waals surface area contributed by atoms with Gasteiger partial charge < -0.3 is 24.8 Å². The van der Waals surface area contributed by atoms with E-state index in [1.807, 2.05) is 0 Å². The molecule has 0 aromatic heterocycles. The molecule has 0 spiro atoms. The van der Waals surface area contributed by atoms with Crippen LogP contribution in [0.4, 0.5) is 11.4 Å². The first kappa shape index (κ1) is 30.0. The Morgan fingerprint density at radius 2 is 1.05 bits per heavy atom. The van der Waals surface area contributed by atoms with Gasteiger partial charge in [-0.25, -0.2) is 9.59 Å². The molecule has 200 valence electrons. The Kier molecular flexibility index (Phi) is 12.1. The van der Waals surface area contributed by atoms with Crippen LogP contribution in [0.3, 0.4) is 0 Å². The van der Waals surface area contributed by atoms with E-state index in [2.05, 4.69) is 10.6 Å². The van der Waals surface area contributed by atoms with E-state index in [0.717, 1.165) is 0 Å². The molecule has 2 aromatic carbocycles. The summed E-state index contributed by atoms with van der Waals surface area (Å²) in [6.45, 7) is 2.85. The molecule has 0 saturated heterocycles. The van der Waals surface area contributed by atoms with Gasteiger partial charge in [0.25, 0.3) is 0 Å². The Labute approximate surface area is 225 Å². The van der Waals surface area contributed by atoms with Gasteiger partial charge in [0.15, 0.2) is 0 Å². The van der Waals surface area contributed by atoms with Gasteiger partial charge in [-0.15, -0.1) is 0 Å². The number of nitriles is 2. The second kappa shape index (κ2) is 15.8. The Morgan fingerprint density at radius 3 is 1.36 bits per heavy atom. The smallest absolute Gasteiger partial charge is 0.348 e. The van der Waals surface area contributed by atoms with E-state index in [0.29, 0.717) is 22.5 Å². The molecule has 0 saturated carbocycles. The van der Waals surface area contributed by atoms with Crippen molar-refractivity contribution in [1.82, 2.24) is 0 Å². The third-order valence-corrected chi connectivity index (χ3v) is 4.71. The first-order valence-electron chi connectivity index (χ1n) is 11.7. The van der Waals surface area contributed by atoms with Crippen LogP contribution < -0.4 is 10.6 Å². The first-order valence-corrected chi connectivity index (χ1v) is 11.7. The number of benzene rings is 2. The molecule has 2 rings (SSSR count). The Balaban J connectivity index is 1.81. The quantitative estimate of drug-likeness (QED) is 0.238. The van der Waals surface area contributed by atoms with Crippen LogP contribution in [0.5, 0.6) is 0 Å². The molecule has 2 aromatic rings. The van der Waals surface area contributed by atoms with Crippen molar-refractivity contribution in [2.45, 2.75) is 13.8 Å². The van der Waals surface area contributed by atoms with Gasteiger partial charge in [-0.05, 0) is 61.4 Å². The first-order chi connectivity index (χ1) is 18.8. The molecule has 2 N–H and O–H groups in total. The number of nitrogens with zero attached hydrogens (tertiary/aromatic N) is 2. The fraction of sp³-hybridized carbons (Fsp3) is 0.214. The second-order valence-electron chi connectivity index (χ2n) is 7.61. The van der Waals surface area contributed by atoms with Crippen LogP contribution in [0.1, 0.15) is 25.0 Å². The highest BCUT2D eigenvalue weighted by molar-refractivity contribution is 5.99. The average Bonchev–Trinajstić information content (AvgIpc) is 2.92. The monoisotopic (exact) mass is 530 g/mol.